The van der Waals surface area contributed by atoms with Crippen LogP contribution in [0.25, 0.3) is 0 Å². The van der Waals surface area contributed by atoms with Gasteiger partial charge in [-0.2, -0.15) is 0 Å². The van der Waals surface area contributed by atoms with Crippen molar-refractivity contribution in [1.29, 1.82) is 0 Å². The fraction of sp³-hybridized carbons (Fsp3) is 0.778. The van der Waals surface area contributed by atoms with Gasteiger partial charge in [0.2, 0.25) is 5.91 Å². The van der Waals surface area contributed by atoms with Gasteiger partial charge < -0.3 is 24.3 Å². The first-order valence-corrected chi connectivity index (χ1v) is 9.11. The first-order valence-electron chi connectivity index (χ1n) is 8.68. The number of esters is 3. The number of carbonyl (C=O) groups excluding carboxylic acids is 4. The van der Waals surface area contributed by atoms with Gasteiger partial charge in [0.1, 0.15) is 17.7 Å². The molecule has 160 valence electrons. The lowest BCUT2D eigenvalue weighted by Gasteiger charge is -2.64. The third-order valence-electron chi connectivity index (χ3n) is 5.41. The first kappa shape index (κ1) is 24.2. The molecule has 0 radical (unpaired) electrons. The van der Waals surface area contributed by atoms with Crippen molar-refractivity contribution < 1.29 is 38.1 Å². The Morgan fingerprint density at radius 1 is 0.893 bits per heavy atom. The summed E-state index contributed by atoms with van der Waals surface area (Å²) >= 11 is 6.49. The highest BCUT2D eigenvalue weighted by Crippen LogP contribution is 2.54. The lowest BCUT2D eigenvalue weighted by atomic mass is 9.62. The molecule has 1 heterocycles. The van der Waals surface area contributed by atoms with Crippen LogP contribution in [-0.4, -0.2) is 58.3 Å². The van der Waals surface area contributed by atoms with Gasteiger partial charge in [-0.25, -0.2) is 0 Å². The largest absolute Gasteiger partial charge is 0.463 e. The Hall–Kier alpha value is -1.87. The van der Waals surface area contributed by atoms with E-state index < -0.39 is 51.7 Å². The molecule has 0 aromatic rings. The van der Waals surface area contributed by atoms with Gasteiger partial charge in [-0.3, -0.25) is 19.2 Å². The highest BCUT2D eigenvalue weighted by Gasteiger charge is 2.75. The zero-order valence-electron chi connectivity index (χ0n) is 17.4. The van der Waals surface area contributed by atoms with Crippen molar-refractivity contribution in [2.75, 3.05) is 6.61 Å². The maximum Gasteiger partial charge on any atom is 0.303 e. The van der Waals surface area contributed by atoms with Crippen molar-refractivity contribution in [1.82, 2.24) is 5.32 Å². The predicted molar refractivity (Wildman–Crippen MR) is 98.3 cm³/mol. The number of amides is 1. The standard InChI is InChI=1S/C18H28ClNO8/c1-10(21)20-16(6)14(19)28-15(5,9-25-11(2)22)17(7,26-12(3)23)18(16,8)27-13(4)24/h14H,9H2,1-8H3,(H,20,21)/t14-,15+,16+,17+,18+/m1/s1. The molecule has 0 spiro atoms. The molecular formula is C18H28ClNO8. The van der Waals surface area contributed by atoms with E-state index in [2.05, 4.69) is 5.32 Å². The average molecular weight is 422 g/mol. The molecule has 0 unspecified atom stereocenters. The molecule has 28 heavy (non-hydrogen) atoms. The monoisotopic (exact) mass is 421 g/mol. The molecule has 1 fully saturated rings. The lowest BCUT2D eigenvalue weighted by Crippen LogP contribution is -2.85. The maximum absolute atomic E-state index is 12.0. The minimum absolute atomic E-state index is 0.345. The summed E-state index contributed by atoms with van der Waals surface area (Å²) in [6, 6.07) is 0. The molecule has 10 heteroatoms. The molecule has 0 saturated carbocycles. The topological polar surface area (TPSA) is 117 Å². The van der Waals surface area contributed by atoms with E-state index in [1.807, 2.05) is 0 Å². The van der Waals surface area contributed by atoms with E-state index in [9.17, 15) is 19.2 Å². The van der Waals surface area contributed by atoms with Crippen LogP contribution in [0, 0.1) is 0 Å². The van der Waals surface area contributed by atoms with E-state index in [0.717, 1.165) is 0 Å². The van der Waals surface area contributed by atoms with Gasteiger partial charge in [-0.05, 0) is 27.7 Å². The fourth-order valence-corrected chi connectivity index (χ4v) is 4.07. The number of hydrogen-bond acceptors (Lipinski definition) is 8. The van der Waals surface area contributed by atoms with Crippen LogP contribution >= 0.6 is 11.6 Å². The Labute approximate surface area is 169 Å². The number of ether oxygens (including phenoxy) is 4. The minimum atomic E-state index is -1.71. The van der Waals surface area contributed by atoms with Crippen LogP contribution in [0.3, 0.4) is 0 Å². The van der Waals surface area contributed by atoms with Gasteiger partial charge in [0, 0.05) is 27.7 Å². The number of nitrogens with one attached hydrogen (secondary N) is 1. The van der Waals surface area contributed by atoms with Crippen LogP contribution in [0.5, 0.6) is 0 Å². The number of hydrogen-bond donors (Lipinski definition) is 1. The molecule has 0 bridgehead atoms. The zero-order valence-corrected chi connectivity index (χ0v) is 18.2. The molecule has 9 nitrogen and oxygen atoms in total. The summed E-state index contributed by atoms with van der Waals surface area (Å²) in [5, 5.41) is 2.66. The Morgan fingerprint density at radius 3 is 1.75 bits per heavy atom. The van der Waals surface area contributed by atoms with E-state index in [-0.39, 0.29) is 6.61 Å². The Morgan fingerprint density at radius 2 is 1.36 bits per heavy atom. The second-order valence-corrected chi connectivity index (χ2v) is 7.98. The van der Waals surface area contributed by atoms with E-state index in [1.54, 1.807) is 0 Å². The molecule has 1 rings (SSSR count). The number of halogens is 1. The number of carbonyl (C=O) groups is 4. The highest BCUT2D eigenvalue weighted by molar-refractivity contribution is 6.21. The summed E-state index contributed by atoms with van der Waals surface area (Å²) in [5.74, 6) is -2.45. The molecule has 1 amide bonds. The summed E-state index contributed by atoms with van der Waals surface area (Å²) in [6.45, 7) is 10.5. The van der Waals surface area contributed by atoms with Crippen LogP contribution in [0.1, 0.15) is 55.4 Å². The quantitative estimate of drug-likeness (QED) is 0.402. The van der Waals surface area contributed by atoms with Crippen molar-refractivity contribution in [2.24, 2.45) is 0 Å². The number of alkyl halides is 1. The van der Waals surface area contributed by atoms with Crippen molar-refractivity contribution >= 4 is 35.4 Å². The smallest absolute Gasteiger partial charge is 0.303 e. The molecule has 1 saturated heterocycles. The number of rotatable bonds is 5. The van der Waals surface area contributed by atoms with Crippen LogP contribution in [0.2, 0.25) is 0 Å². The van der Waals surface area contributed by atoms with Crippen LogP contribution in [-0.2, 0) is 38.1 Å². The van der Waals surface area contributed by atoms with Gasteiger partial charge in [-0.15, -0.1) is 0 Å². The molecular weight excluding hydrogens is 394 g/mol. The van der Waals surface area contributed by atoms with Gasteiger partial charge >= 0.3 is 17.9 Å². The molecule has 0 aromatic heterocycles. The summed E-state index contributed by atoms with van der Waals surface area (Å²) in [6.07, 6.45) is 0. The summed E-state index contributed by atoms with van der Waals surface area (Å²) < 4.78 is 22.3. The van der Waals surface area contributed by atoms with Gasteiger partial charge in [0.25, 0.3) is 0 Å². The van der Waals surface area contributed by atoms with Crippen molar-refractivity contribution in [3.63, 3.8) is 0 Å². The normalized spacial score (nSPS) is 37.5. The van der Waals surface area contributed by atoms with Crippen LogP contribution in [0.4, 0.5) is 0 Å². The Kier molecular flexibility index (Phi) is 6.79. The second-order valence-electron chi connectivity index (χ2n) is 7.58. The van der Waals surface area contributed by atoms with E-state index in [0.29, 0.717) is 0 Å². The highest BCUT2D eigenvalue weighted by atomic mass is 35.5. The molecule has 1 N–H and O–H groups in total. The van der Waals surface area contributed by atoms with Gasteiger partial charge in [-0.1, -0.05) is 11.6 Å². The van der Waals surface area contributed by atoms with Crippen molar-refractivity contribution in [2.45, 2.75) is 83.3 Å². The molecule has 1 aliphatic heterocycles. The first-order chi connectivity index (χ1) is 12.5. The van der Waals surface area contributed by atoms with E-state index in [4.69, 9.17) is 30.5 Å². The molecule has 0 aliphatic carbocycles. The third kappa shape index (κ3) is 3.96. The SMILES string of the molecule is CC(=O)N[C@@]1(C)[C@H](Cl)O[C@@](C)(COC(C)=O)[C@](C)(OC(C)=O)[C@@]1(C)OC(C)=O. The van der Waals surface area contributed by atoms with Crippen LogP contribution in [0.15, 0.2) is 0 Å². The fourth-order valence-electron chi connectivity index (χ4n) is 3.61. The van der Waals surface area contributed by atoms with E-state index >= 15 is 0 Å². The van der Waals surface area contributed by atoms with Crippen molar-refractivity contribution in [3.8, 4) is 0 Å². The van der Waals surface area contributed by atoms with Gasteiger partial charge in [0.05, 0.1) is 0 Å². The minimum Gasteiger partial charge on any atom is -0.463 e. The predicted octanol–water partition coefficient (Wildman–Crippen LogP) is 1.44. The average Bonchev–Trinajstić information content (AvgIpc) is 2.49. The zero-order chi connectivity index (χ0) is 22.1. The second kappa shape index (κ2) is 7.87. The van der Waals surface area contributed by atoms with Crippen molar-refractivity contribution in [3.05, 3.63) is 0 Å². The molecule has 0 aromatic carbocycles. The summed E-state index contributed by atoms with van der Waals surface area (Å²) in [4.78, 5) is 47.3. The maximum atomic E-state index is 12.0. The summed E-state index contributed by atoms with van der Waals surface area (Å²) in [5.41, 5.74) is -7.67. The Balaban J connectivity index is 3.76. The Bertz CT molecular complexity index is 684. The van der Waals surface area contributed by atoms with E-state index in [1.165, 1.54) is 55.4 Å². The van der Waals surface area contributed by atoms with Gasteiger partial charge in [0.15, 0.2) is 16.8 Å². The summed E-state index contributed by atoms with van der Waals surface area (Å²) in [7, 11) is 0. The third-order valence-corrected chi connectivity index (χ3v) is 5.94. The lowest BCUT2D eigenvalue weighted by molar-refractivity contribution is -0.332. The van der Waals surface area contributed by atoms with Crippen LogP contribution < -0.4 is 5.32 Å². The molecule has 5 atom stereocenters. The molecule has 1 aliphatic rings.